The molecule has 1 aromatic carbocycles. The van der Waals surface area contributed by atoms with Crippen molar-refractivity contribution in [3.8, 4) is 0 Å². The second-order valence-electron chi connectivity index (χ2n) is 6.88. The number of carboxylic acid groups (broad SMARTS) is 5. The van der Waals surface area contributed by atoms with Gasteiger partial charge in [-0.05, 0) is 17.9 Å². The smallest absolute Gasteiger partial charge is 0.321 e. The molecule has 0 amide bonds. The van der Waals surface area contributed by atoms with Gasteiger partial charge in [-0.1, -0.05) is 44.2 Å². The van der Waals surface area contributed by atoms with Crippen LogP contribution in [0.4, 0.5) is 0 Å². The first-order chi connectivity index (χ1) is 15.6. The van der Waals surface area contributed by atoms with Crippen molar-refractivity contribution in [3.63, 3.8) is 0 Å². The van der Waals surface area contributed by atoms with Gasteiger partial charge in [0, 0.05) is 0 Å². The van der Waals surface area contributed by atoms with Crippen LogP contribution in [0.2, 0.25) is 0 Å². The van der Waals surface area contributed by atoms with Gasteiger partial charge in [0.15, 0.2) is 0 Å². The normalized spacial score (nSPS) is 12.1. The molecule has 1 aromatic rings. The van der Waals surface area contributed by atoms with E-state index in [2.05, 4.69) is 5.73 Å². The van der Waals surface area contributed by atoms with Crippen LogP contribution in [0.1, 0.15) is 25.8 Å². The first-order valence-corrected chi connectivity index (χ1v) is 9.69. The molecule has 1 rings (SSSR count). The highest BCUT2D eigenvalue weighted by Crippen LogP contribution is 2.01. The van der Waals surface area contributed by atoms with E-state index in [-0.39, 0.29) is 12.5 Å². The molecule has 0 saturated heterocycles. The minimum atomic E-state index is -1.29. The first-order valence-electron chi connectivity index (χ1n) is 9.69. The quantitative estimate of drug-likeness (QED) is 0.192. The van der Waals surface area contributed by atoms with E-state index in [1.54, 1.807) is 13.8 Å². The first kappa shape index (κ1) is 35.0. The maximum absolute atomic E-state index is 10.4. The van der Waals surface area contributed by atoms with Crippen LogP contribution in [0.25, 0.3) is 0 Å². The monoisotopic (exact) mass is 490 g/mol. The Morgan fingerprint density at radius 3 is 1.35 bits per heavy atom. The molecule has 0 heterocycles. The van der Waals surface area contributed by atoms with Gasteiger partial charge in [0.25, 0.3) is 0 Å². The van der Waals surface area contributed by atoms with Crippen molar-refractivity contribution in [2.75, 3.05) is 6.54 Å². The van der Waals surface area contributed by atoms with Gasteiger partial charge >= 0.3 is 29.8 Å². The summed E-state index contributed by atoms with van der Waals surface area (Å²) in [5.74, 6) is -5.33. The number of aliphatic carboxylic acids is 5. The number of benzene rings is 1. The molecular formula is C20H34N4O10. The van der Waals surface area contributed by atoms with Crippen molar-refractivity contribution in [1.82, 2.24) is 0 Å². The molecule has 0 radical (unpaired) electrons. The average molecular weight is 491 g/mol. The number of rotatable bonds is 9. The minimum Gasteiger partial charge on any atom is -0.481 e. The molecule has 0 aromatic heterocycles. The third-order valence-corrected chi connectivity index (χ3v) is 3.51. The molecule has 0 fully saturated rings. The average Bonchev–Trinajstić information content (AvgIpc) is 2.74. The molecule has 0 aliphatic carbocycles. The van der Waals surface area contributed by atoms with Crippen LogP contribution in [0.5, 0.6) is 0 Å². The van der Waals surface area contributed by atoms with Crippen LogP contribution in [-0.2, 0) is 30.4 Å². The van der Waals surface area contributed by atoms with Crippen LogP contribution >= 0.6 is 0 Å². The summed E-state index contributed by atoms with van der Waals surface area (Å²) >= 11 is 0. The van der Waals surface area contributed by atoms with E-state index < -0.39 is 54.4 Å². The maximum Gasteiger partial charge on any atom is 0.321 e. The number of carboxylic acids is 5. The molecule has 0 unspecified atom stereocenters. The molecule has 0 aliphatic rings. The van der Waals surface area contributed by atoms with E-state index in [9.17, 15) is 24.0 Å². The van der Waals surface area contributed by atoms with Gasteiger partial charge in [0.05, 0.1) is 13.0 Å². The van der Waals surface area contributed by atoms with Crippen molar-refractivity contribution >= 4 is 29.8 Å². The molecule has 14 nitrogen and oxygen atoms in total. The summed E-state index contributed by atoms with van der Waals surface area (Å²) in [6.45, 7) is 3.28. The van der Waals surface area contributed by atoms with E-state index in [1.807, 2.05) is 30.3 Å². The lowest BCUT2D eigenvalue weighted by atomic mass is 10.1. The summed E-state index contributed by atoms with van der Waals surface area (Å²) in [5.41, 5.74) is 20.9. The Kier molecular flexibility index (Phi) is 20.6. The summed E-state index contributed by atoms with van der Waals surface area (Å²) < 4.78 is 0. The molecule has 0 spiro atoms. The van der Waals surface area contributed by atoms with Crippen LogP contribution in [0, 0.1) is 5.92 Å². The minimum absolute atomic E-state index is 0.0208. The van der Waals surface area contributed by atoms with E-state index in [0.29, 0.717) is 6.42 Å². The highest BCUT2D eigenvalue weighted by atomic mass is 16.4. The number of nitrogens with two attached hydrogens (primary N) is 4. The molecule has 3 atom stereocenters. The van der Waals surface area contributed by atoms with Crippen molar-refractivity contribution in [3.05, 3.63) is 35.9 Å². The van der Waals surface area contributed by atoms with Gasteiger partial charge in [0.2, 0.25) is 0 Å². The Labute approximate surface area is 196 Å². The third-order valence-electron chi connectivity index (χ3n) is 3.51. The van der Waals surface area contributed by atoms with E-state index in [4.69, 9.17) is 42.7 Å². The second kappa shape index (κ2) is 20.0. The van der Waals surface area contributed by atoms with E-state index in [1.165, 1.54) is 0 Å². The van der Waals surface area contributed by atoms with Gasteiger partial charge in [-0.25, -0.2) is 0 Å². The Balaban J connectivity index is -0.000000395. The van der Waals surface area contributed by atoms with Crippen molar-refractivity contribution < 1.29 is 49.5 Å². The number of hydrogen-bond acceptors (Lipinski definition) is 9. The third kappa shape index (κ3) is 23.1. The lowest BCUT2D eigenvalue weighted by Gasteiger charge is -2.07. The SMILES string of the molecule is CC(C)[C@H](N)C(=O)O.NCC(=O)O.N[C@@H](CC(=O)O)C(=O)O.N[C@@H](Cc1ccccc1)C(=O)O. The van der Waals surface area contributed by atoms with Crippen LogP contribution in [0.3, 0.4) is 0 Å². The molecular weight excluding hydrogens is 456 g/mol. The Morgan fingerprint density at radius 1 is 0.735 bits per heavy atom. The number of hydrogen-bond donors (Lipinski definition) is 9. The predicted octanol–water partition coefficient (Wildman–Crippen LogP) is -1.40. The van der Waals surface area contributed by atoms with Gasteiger partial charge in [-0.3, -0.25) is 24.0 Å². The van der Waals surface area contributed by atoms with Gasteiger partial charge in [-0.2, -0.15) is 0 Å². The number of carbonyl (C=O) groups is 5. The predicted molar refractivity (Wildman–Crippen MR) is 121 cm³/mol. The molecule has 13 N–H and O–H groups in total. The topological polar surface area (TPSA) is 291 Å². The highest BCUT2D eigenvalue weighted by Gasteiger charge is 2.15. The van der Waals surface area contributed by atoms with Crippen molar-refractivity contribution in [1.29, 1.82) is 0 Å². The zero-order valence-corrected chi connectivity index (χ0v) is 18.9. The Hall–Kier alpha value is -3.59. The molecule has 14 heteroatoms. The zero-order valence-electron chi connectivity index (χ0n) is 18.9. The van der Waals surface area contributed by atoms with Gasteiger partial charge in [-0.15, -0.1) is 0 Å². The van der Waals surface area contributed by atoms with Crippen molar-refractivity contribution in [2.24, 2.45) is 28.9 Å². The molecule has 194 valence electrons. The standard InChI is InChI=1S/C9H11NO2.C5H11NO2.C4H7NO4.C2H5NO2/c10-8(9(11)12)6-7-4-2-1-3-5-7;1-3(2)4(6)5(7)8;5-2(4(8)9)1-3(6)7;3-1-2(4)5/h1-5,8H,6,10H2,(H,11,12);3-4H,6H2,1-2H3,(H,7,8);2H,1,5H2,(H,6,7)(H,8,9);1,3H2,(H,4,5)/t8-;4-;2-;/m000./s1. The fourth-order valence-electron chi connectivity index (χ4n) is 1.52. The van der Waals surface area contributed by atoms with Crippen molar-refractivity contribution in [2.45, 2.75) is 44.8 Å². The van der Waals surface area contributed by atoms with Crippen LogP contribution < -0.4 is 22.9 Å². The summed E-state index contributed by atoms with van der Waals surface area (Å²) in [6, 6.07) is 6.54. The Morgan fingerprint density at radius 2 is 1.15 bits per heavy atom. The van der Waals surface area contributed by atoms with E-state index >= 15 is 0 Å². The summed E-state index contributed by atoms with van der Waals surface area (Å²) in [7, 11) is 0. The fraction of sp³-hybridized carbons (Fsp3) is 0.450. The van der Waals surface area contributed by atoms with Crippen LogP contribution in [0.15, 0.2) is 30.3 Å². The molecule has 0 bridgehead atoms. The second-order valence-corrected chi connectivity index (χ2v) is 6.88. The zero-order chi connectivity index (χ0) is 27.4. The largest absolute Gasteiger partial charge is 0.481 e. The molecule has 0 saturated carbocycles. The molecule has 0 aliphatic heterocycles. The van der Waals surface area contributed by atoms with Gasteiger partial charge in [0.1, 0.15) is 18.1 Å². The van der Waals surface area contributed by atoms with E-state index in [0.717, 1.165) is 5.56 Å². The summed E-state index contributed by atoms with van der Waals surface area (Å²) in [4.78, 5) is 49.3. The fourth-order valence-corrected chi connectivity index (χ4v) is 1.52. The summed E-state index contributed by atoms with van der Waals surface area (Å²) in [6.07, 6.45) is -0.147. The highest BCUT2D eigenvalue weighted by molar-refractivity contribution is 5.80. The lowest BCUT2D eigenvalue weighted by molar-refractivity contribution is -0.144. The van der Waals surface area contributed by atoms with Crippen LogP contribution in [-0.4, -0.2) is 80.0 Å². The maximum atomic E-state index is 10.4. The molecule has 34 heavy (non-hydrogen) atoms. The Bertz CT molecular complexity index is 759. The van der Waals surface area contributed by atoms with Gasteiger partial charge < -0.3 is 48.5 Å². The summed E-state index contributed by atoms with van der Waals surface area (Å²) in [5, 5.41) is 40.4. The lowest BCUT2D eigenvalue weighted by Crippen LogP contribution is -2.34.